The summed E-state index contributed by atoms with van der Waals surface area (Å²) >= 11 is 0. The lowest BCUT2D eigenvalue weighted by Crippen LogP contribution is -2.34. The Hall–Kier alpha value is -1.98. The van der Waals surface area contributed by atoms with Crippen LogP contribution in [0, 0.1) is 11.8 Å². The molecule has 1 saturated heterocycles. The van der Waals surface area contributed by atoms with Crippen molar-refractivity contribution < 1.29 is 4.52 Å². The van der Waals surface area contributed by atoms with Crippen LogP contribution in [0.5, 0.6) is 0 Å². The van der Waals surface area contributed by atoms with Crippen LogP contribution in [-0.2, 0) is 6.42 Å². The van der Waals surface area contributed by atoms with Crippen molar-refractivity contribution in [2.24, 2.45) is 11.8 Å². The third-order valence-electron chi connectivity index (χ3n) is 4.54. The van der Waals surface area contributed by atoms with E-state index in [0.717, 1.165) is 36.9 Å². The van der Waals surface area contributed by atoms with Gasteiger partial charge in [0.25, 0.3) is 0 Å². The molecule has 0 N–H and O–H groups in total. The van der Waals surface area contributed by atoms with Crippen LogP contribution in [0.4, 0.5) is 5.95 Å². The maximum absolute atomic E-state index is 5.28. The second-order valence-corrected chi connectivity index (χ2v) is 7.10. The van der Waals surface area contributed by atoms with Gasteiger partial charge in [0.15, 0.2) is 0 Å². The summed E-state index contributed by atoms with van der Waals surface area (Å²) in [5.74, 6) is 3.40. The average Bonchev–Trinajstić information content (AvgIpc) is 3.04. The molecule has 3 rings (SSSR count). The normalized spacial score (nSPS) is 16.1. The topological polar surface area (TPSA) is 67.9 Å². The Morgan fingerprint density at radius 3 is 2.54 bits per heavy atom. The van der Waals surface area contributed by atoms with Crippen molar-refractivity contribution in [1.29, 1.82) is 0 Å². The van der Waals surface area contributed by atoms with Gasteiger partial charge in [0.2, 0.25) is 17.7 Å². The zero-order valence-electron chi connectivity index (χ0n) is 14.9. The van der Waals surface area contributed by atoms with Crippen LogP contribution in [0.2, 0.25) is 0 Å². The van der Waals surface area contributed by atoms with Gasteiger partial charge in [-0.15, -0.1) is 0 Å². The fraction of sp³-hybridized carbons (Fsp3) is 0.667. The van der Waals surface area contributed by atoms with Gasteiger partial charge in [-0.05, 0) is 24.7 Å². The van der Waals surface area contributed by atoms with E-state index in [2.05, 4.69) is 45.8 Å². The highest BCUT2D eigenvalue weighted by molar-refractivity contribution is 5.52. The molecule has 6 nitrogen and oxygen atoms in total. The van der Waals surface area contributed by atoms with Gasteiger partial charge >= 0.3 is 0 Å². The molecule has 2 aromatic rings. The van der Waals surface area contributed by atoms with E-state index < -0.39 is 0 Å². The Bertz CT molecular complexity index is 629. The molecule has 0 aromatic carbocycles. The Kier molecular flexibility index (Phi) is 5.43. The highest BCUT2D eigenvalue weighted by atomic mass is 16.5. The van der Waals surface area contributed by atoms with E-state index in [-0.39, 0.29) is 0 Å². The molecule has 130 valence electrons. The lowest BCUT2D eigenvalue weighted by molar-refractivity contribution is 0.363. The summed E-state index contributed by atoms with van der Waals surface area (Å²) in [5.41, 5.74) is 0.804. The molecule has 6 heteroatoms. The van der Waals surface area contributed by atoms with Crippen LogP contribution in [0.15, 0.2) is 16.9 Å². The summed E-state index contributed by atoms with van der Waals surface area (Å²) in [6.07, 6.45) is 9.47. The minimum atomic E-state index is 0.493. The molecule has 0 aliphatic carbocycles. The number of anilines is 1. The Labute approximate surface area is 143 Å². The second kappa shape index (κ2) is 7.73. The molecule has 0 radical (unpaired) electrons. The predicted octanol–water partition coefficient (Wildman–Crippen LogP) is 3.74. The summed E-state index contributed by atoms with van der Waals surface area (Å²) < 4.78 is 5.28. The van der Waals surface area contributed by atoms with E-state index >= 15 is 0 Å². The van der Waals surface area contributed by atoms with Crippen molar-refractivity contribution in [1.82, 2.24) is 20.1 Å². The van der Waals surface area contributed by atoms with E-state index in [9.17, 15) is 0 Å². The van der Waals surface area contributed by atoms with Gasteiger partial charge in [0, 0.05) is 31.9 Å². The molecule has 1 aliphatic heterocycles. The van der Waals surface area contributed by atoms with Crippen molar-refractivity contribution >= 4 is 5.95 Å². The van der Waals surface area contributed by atoms with Gasteiger partial charge in [-0.3, -0.25) is 0 Å². The third-order valence-corrected chi connectivity index (χ3v) is 4.54. The standard InChI is InChI=1S/C18H27N5O/c1-4-5-14-6-8-23(9-7-14)18-19-11-15(12-20-18)17-21-16(24-22-17)10-13(2)3/h11-14H,4-10H2,1-3H3. The largest absolute Gasteiger partial charge is 0.341 e. The Balaban J connectivity index is 1.62. The third kappa shape index (κ3) is 4.10. The summed E-state index contributed by atoms with van der Waals surface area (Å²) in [4.78, 5) is 15.7. The first-order valence-electron chi connectivity index (χ1n) is 9.05. The molecule has 2 aromatic heterocycles. The summed E-state index contributed by atoms with van der Waals surface area (Å²) in [6, 6.07) is 0. The van der Waals surface area contributed by atoms with Crippen LogP contribution >= 0.6 is 0 Å². The fourth-order valence-electron chi connectivity index (χ4n) is 3.23. The van der Waals surface area contributed by atoms with Gasteiger partial charge < -0.3 is 9.42 Å². The summed E-state index contributed by atoms with van der Waals surface area (Å²) in [5, 5.41) is 4.03. The van der Waals surface area contributed by atoms with Gasteiger partial charge in [0.1, 0.15) is 0 Å². The molecule has 1 fully saturated rings. The van der Waals surface area contributed by atoms with Crippen LogP contribution < -0.4 is 4.90 Å². The van der Waals surface area contributed by atoms with Gasteiger partial charge in [-0.25, -0.2) is 9.97 Å². The second-order valence-electron chi connectivity index (χ2n) is 7.10. The summed E-state index contributed by atoms with van der Waals surface area (Å²) in [7, 11) is 0. The maximum Gasteiger partial charge on any atom is 0.227 e. The van der Waals surface area contributed by atoms with E-state index in [1.54, 1.807) is 12.4 Å². The van der Waals surface area contributed by atoms with E-state index in [0.29, 0.717) is 17.6 Å². The first-order chi connectivity index (χ1) is 11.7. The van der Waals surface area contributed by atoms with Crippen molar-refractivity contribution in [2.75, 3.05) is 18.0 Å². The van der Waals surface area contributed by atoms with Crippen LogP contribution in [0.25, 0.3) is 11.4 Å². The molecule has 3 heterocycles. The monoisotopic (exact) mass is 329 g/mol. The zero-order valence-corrected chi connectivity index (χ0v) is 14.9. The highest BCUT2D eigenvalue weighted by Gasteiger charge is 2.20. The fourth-order valence-corrected chi connectivity index (χ4v) is 3.23. The number of rotatable bonds is 6. The molecule has 0 atom stereocenters. The molecule has 0 saturated carbocycles. The molecular weight excluding hydrogens is 302 g/mol. The van der Waals surface area contributed by atoms with E-state index in [1.807, 2.05) is 0 Å². The predicted molar refractivity (Wildman–Crippen MR) is 93.7 cm³/mol. The summed E-state index contributed by atoms with van der Waals surface area (Å²) in [6.45, 7) is 8.62. The van der Waals surface area contributed by atoms with Crippen molar-refractivity contribution in [3.05, 3.63) is 18.3 Å². The molecule has 0 unspecified atom stereocenters. The Morgan fingerprint density at radius 2 is 1.92 bits per heavy atom. The quantitative estimate of drug-likeness (QED) is 0.804. The SMILES string of the molecule is CCCC1CCN(c2ncc(-c3noc(CC(C)C)n3)cn2)CC1. The molecule has 0 spiro atoms. The number of aromatic nitrogens is 4. The van der Waals surface area contributed by atoms with Crippen LogP contribution in [-0.4, -0.2) is 33.2 Å². The molecule has 1 aliphatic rings. The lowest BCUT2D eigenvalue weighted by Gasteiger charge is -2.31. The van der Waals surface area contributed by atoms with Crippen LogP contribution in [0.1, 0.15) is 52.3 Å². The van der Waals surface area contributed by atoms with Gasteiger partial charge in [-0.2, -0.15) is 4.98 Å². The van der Waals surface area contributed by atoms with Crippen molar-refractivity contribution in [2.45, 2.75) is 52.9 Å². The zero-order chi connectivity index (χ0) is 16.9. The minimum absolute atomic E-state index is 0.493. The van der Waals surface area contributed by atoms with Crippen molar-refractivity contribution in [3.63, 3.8) is 0 Å². The van der Waals surface area contributed by atoms with Gasteiger partial charge in [0.05, 0.1) is 5.56 Å². The van der Waals surface area contributed by atoms with E-state index in [4.69, 9.17) is 4.52 Å². The molecule has 0 amide bonds. The van der Waals surface area contributed by atoms with Crippen LogP contribution in [0.3, 0.4) is 0 Å². The molecular formula is C18H27N5O. The smallest absolute Gasteiger partial charge is 0.227 e. The average molecular weight is 329 g/mol. The van der Waals surface area contributed by atoms with Crippen molar-refractivity contribution in [3.8, 4) is 11.4 Å². The first-order valence-corrected chi connectivity index (χ1v) is 9.05. The number of nitrogens with zero attached hydrogens (tertiary/aromatic N) is 5. The highest BCUT2D eigenvalue weighted by Crippen LogP contribution is 2.24. The number of piperidine rings is 1. The minimum Gasteiger partial charge on any atom is -0.341 e. The first kappa shape index (κ1) is 16.9. The lowest BCUT2D eigenvalue weighted by atomic mass is 9.93. The molecule has 24 heavy (non-hydrogen) atoms. The van der Waals surface area contributed by atoms with E-state index in [1.165, 1.54) is 25.7 Å². The number of hydrogen-bond acceptors (Lipinski definition) is 6. The maximum atomic E-state index is 5.28. The van der Waals surface area contributed by atoms with Gasteiger partial charge in [-0.1, -0.05) is 38.8 Å². The number of hydrogen-bond donors (Lipinski definition) is 0. The Morgan fingerprint density at radius 1 is 1.21 bits per heavy atom. The molecule has 0 bridgehead atoms.